The van der Waals surface area contributed by atoms with Crippen LogP contribution in [0.2, 0.25) is 0 Å². The van der Waals surface area contributed by atoms with E-state index in [0.717, 1.165) is 36.0 Å². The predicted molar refractivity (Wildman–Crippen MR) is 127 cm³/mol. The summed E-state index contributed by atoms with van der Waals surface area (Å²) in [4.78, 5) is 15.0. The molecule has 2 aromatic carbocycles. The Kier molecular flexibility index (Phi) is 7.53. The second-order valence-corrected chi connectivity index (χ2v) is 8.38. The first-order valence-electron chi connectivity index (χ1n) is 11.3. The van der Waals surface area contributed by atoms with Gasteiger partial charge in [0.2, 0.25) is 0 Å². The van der Waals surface area contributed by atoms with Crippen LogP contribution < -0.4 is 4.74 Å². The molecule has 5 nitrogen and oxygen atoms in total. The van der Waals surface area contributed by atoms with Gasteiger partial charge in [0.15, 0.2) is 6.61 Å². The van der Waals surface area contributed by atoms with Crippen LogP contribution in [0.25, 0.3) is 0 Å². The van der Waals surface area contributed by atoms with E-state index in [0.29, 0.717) is 11.7 Å². The van der Waals surface area contributed by atoms with E-state index < -0.39 is 5.97 Å². The first-order chi connectivity index (χ1) is 16.1. The number of aliphatic carboxylic acids is 1. The number of carboxylic acid groups (broad SMARTS) is 1. The van der Waals surface area contributed by atoms with Crippen LogP contribution in [0.1, 0.15) is 41.7 Å². The van der Waals surface area contributed by atoms with Crippen LogP contribution in [0.4, 0.5) is 0 Å². The number of carbonyl (C=O) groups is 1. The van der Waals surface area contributed by atoms with E-state index in [2.05, 4.69) is 42.3 Å². The van der Waals surface area contributed by atoms with E-state index in [9.17, 15) is 4.79 Å². The van der Waals surface area contributed by atoms with Crippen molar-refractivity contribution in [2.24, 2.45) is 5.92 Å². The van der Waals surface area contributed by atoms with Gasteiger partial charge >= 0.3 is 5.97 Å². The topological polar surface area (TPSA) is 68.7 Å². The molecule has 0 spiro atoms. The van der Waals surface area contributed by atoms with Crippen molar-refractivity contribution < 1.29 is 19.4 Å². The first kappa shape index (κ1) is 22.7. The molecule has 0 saturated heterocycles. The highest BCUT2D eigenvalue weighted by molar-refractivity contribution is 5.68. The van der Waals surface area contributed by atoms with Crippen LogP contribution >= 0.6 is 0 Å². The van der Waals surface area contributed by atoms with Crippen LogP contribution in [0.15, 0.2) is 85.2 Å². The molecule has 1 N–H and O–H groups in total. The molecule has 3 aromatic rings. The van der Waals surface area contributed by atoms with E-state index in [4.69, 9.17) is 14.6 Å². The zero-order chi connectivity index (χ0) is 23.0. The van der Waals surface area contributed by atoms with Crippen molar-refractivity contribution >= 4 is 5.97 Å². The second kappa shape index (κ2) is 10.9. The molecule has 0 saturated carbocycles. The van der Waals surface area contributed by atoms with Crippen LogP contribution in [-0.2, 0) is 22.4 Å². The van der Waals surface area contributed by atoms with Crippen LogP contribution in [0, 0.1) is 5.92 Å². The van der Waals surface area contributed by atoms with Gasteiger partial charge in [-0.05, 0) is 72.6 Å². The lowest BCUT2D eigenvalue weighted by molar-refractivity contribution is -0.139. The van der Waals surface area contributed by atoms with Crippen molar-refractivity contribution in [3.8, 4) is 5.75 Å². The van der Waals surface area contributed by atoms with Crippen molar-refractivity contribution in [3.63, 3.8) is 0 Å². The summed E-state index contributed by atoms with van der Waals surface area (Å²) in [5, 5.41) is 8.90. The maximum atomic E-state index is 10.9. The molecule has 0 fully saturated rings. The lowest BCUT2D eigenvalue weighted by Crippen LogP contribution is -2.17. The second-order valence-electron chi connectivity index (χ2n) is 8.38. The van der Waals surface area contributed by atoms with E-state index in [1.54, 1.807) is 12.4 Å². The standard InChI is InChI=1S/C28H29NO4/c1-20(33-28(22-6-3-2-4-7-22)23-14-16-29-17-15-23)10-11-21-12-13-25-24(18-21)8-5-9-26(25)32-19-27(30)31/h2-11,14-17,20-21,28H,12-13,18-19H2,1H3,(H,30,31). The third-order valence-electron chi connectivity index (χ3n) is 5.94. The molecular weight excluding hydrogens is 414 g/mol. The highest BCUT2D eigenvalue weighted by Gasteiger charge is 2.21. The molecule has 3 unspecified atom stereocenters. The normalized spacial score (nSPS) is 17.3. The molecule has 1 heterocycles. The van der Waals surface area contributed by atoms with Crippen LogP contribution in [-0.4, -0.2) is 28.8 Å². The maximum Gasteiger partial charge on any atom is 0.341 e. The number of hydrogen-bond acceptors (Lipinski definition) is 4. The summed E-state index contributed by atoms with van der Waals surface area (Å²) in [6.07, 6.45) is 10.6. The van der Waals surface area contributed by atoms with Gasteiger partial charge in [-0.2, -0.15) is 0 Å². The Balaban J connectivity index is 1.42. The van der Waals surface area contributed by atoms with E-state index >= 15 is 0 Å². The minimum absolute atomic E-state index is 0.0602. The highest BCUT2D eigenvalue weighted by Crippen LogP contribution is 2.33. The molecule has 5 heteroatoms. The predicted octanol–water partition coefficient (Wildman–Crippen LogP) is 5.40. The number of allylic oxidation sites excluding steroid dienone is 1. The molecule has 1 aliphatic rings. The Bertz CT molecular complexity index is 1040. The summed E-state index contributed by atoms with van der Waals surface area (Å²) >= 11 is 0. The van der Waals surface area contributed by atoms with E-state index in [-0.39, 0.29) is 18.8 Å². The molecule has 0 radical (unpaired) electrons. The Labute approximate surface area is 194 Å². The molecule has 0 bridgehead atoms. The Hall–Kier alpha value is -3.44. The summed E-state index contributed by atoms with van der Waals surface area (Å²) < 4.78 is 12.0. The summed E-state index contributed by atoms with van der Waals surface area (Å²) in [6, 6.07) is 20.1. The highest BCUT2D eigenvalue weighted by atomic mass is 16.5. The SMILES string of the molecule is CC(C=CC1CCc2c(cccc2OCC(=O)O)C1)OC(c1ccccc1)c1ccncc1. The van der Waals surface area contributed by atoms with Gasteiger partial charge in [0.25, 0.3) is 0 Å². The largest absolute Gasteiger partial charge is 0.482 e. The van der Waals surface area contributed by atoms with E-state index in [1.165, 1.54) is 5.56 Å². The Morgan fingerprint density at radius 2 is 1.85 bits per heavy atom. The van der Waals surface area contributed by atoms with Crippen LogP contribution in [0.5, 0.6) is 5.75 Å². The number of aromatic nitrogens is 1. The average Bonchev–Trinajstić information content (AvgIpc) is 2.85. The molecule has 33 heavy (non-hydrogen) atoms. The third-order valence-corrected chi connectivity index (χ3v) is 5.94. The fourth-order valence-corrected chi connectivity index (χ4v) is 4.33. The monoisotopic (exact) mass is 443 g/mol. The summed E-state index contributed by atoms with van der Waals surface area (Å²) in [7, 11) is 0. The number of ether oxygens (including phenoxy) is 2. The first-order valence-corrected chi connectivity index (χ1v) is 11.3. The number of nitrogens with zero attached hydrogens (tertiary/aromatic N) is 1. The number of fused-ring (bicyclic) bond motifs is 1. The molecule has 0 aliphatic heterocycles. The minimum atomic E-state index is -0.959. The van der Waals surface area contributed by atoms with Crippen molar-refractivity contribution in [3.05, 3.63) is 107 Å². The van der Waals surface area contributed by atoms with Crippen molar-refractivity contribution in [1.29, 1.82) is 0 Å². The number of pyridine rings is 1. The van der Waals surface area contributed by atoms with Gasteiger partial charge in [-0.3, -0.25) is 4.98 Å². The van der Waals surface area contributed by atoms with Gasteiger partial charge in [-0.25, -0.2) is 4.79 Å². The average molecular weight is 444 g/mol. The number of rotatable bonds is 9. The van der Waals surface area contributed by atoms with E-state index in [1.807, 2.05) is 42.5 Å². The summed E-state index contributed by atoms with van der Waals surface area (Å²) in [5.74, 6) is 0.144. The van der Waals surface area contributed by atoms with Gasteiger partial charge in [-0.1, -0.05) is 54.6 Å². The van der Waals surface area contributed by atoms with Gasteiger partial charge in [0, 0.05) is 12.4 Å². The molecule has 170 valence electrons. The Morgan fingerprint density at radius 3 is 2.61 bits per heavy atom. The lowest BCUT2D eigenvalue weighted by Gasteiger charge is -2.25. The molecular formula is C28H29NO4. The molecule has 1 aromatic heterocycles. The smallest absolute Gasteiger partial charge is 0.341 e. The van der Waals surface area contributed by atoms with Gasteiger partial charge in [-0.15, -0.1) is 0 Å². The van der Waals surface area contributed by atoms with Crippen molar-refractivity contribution in [1.82, 2.24) is 4.98 Å². The Morgan fingerprint density at radius 1 is 1.09 bits per heavy atom. The number of benzene rings is 2. The van der Waals surface area contributed by atoms with Gasteiger partial charge < -0.3 is 14.6 Å². The maximum absolute atomic E-state index is 10.9. The van der Waals surface area contributed by atoms with Crippen molar-refractivity contribution in [2.45, 2.75) is 38.4 Å². The van der Waals surface area contributed by atoms with Crippen molar-refractivity contribution in [2.75, 3.05) is 6.61 Å². The fraction of sp³-hybridized carbons (Fsp3) is 0.286. The fourth-order valence-electron chi connectivity index (χ4n) is 4.33. The molecule has 4 rings (SSSR count). The lowest BCUT2D eigenvalue weighted by atomic mass is 9.83. The molecule has 3 atom stereocenters. The molecule has 0 amide bonds. The summed E-state index contributed by atoms with van der Waals surface area (Å²) in [6.45, 7) is 1.76. The minimum Gasteiger partial charge on any atom is -0.482 e. The zero-order valence-electron chi connectivity index (χ0n) is 18.8. The third kappa shape index (κ3) is 6.08. The van der Waals surface area contributed by atoms with Gasteiger partial charge in [0.1, 0.15) is 11.9 Å². The quantitative estimate of drug-likeness (QED) is 0.449. The summed E-state index contributed by atoms with van der Waals surface area (Å²) in [5.41, 5.74) is 4.56. The zero-order valence-corrected chi connectivity index (χ0v) is 18.8. The number of hydrogen-bond donors (Lipinski definition) is 1. The number of carboxylic acids is 1. The molecule has 1 aliphatic carbocycles. The van der Waals surface area contributed by atoms with Gasteiger partial charge in [0.05, 0.1) is 6.10 Å². The van der Waals surface area contributed by atoms with Crippen LogP contribution in [0.3, 0.4) is 0 Å².